The van der Waals surface area contributed by atoms with Crippen molar-refractivity contribution in [1.29, 1.82) is 0 Å². The molecule has 0 spiro atoms. The van der Waals surface area contributed by atoms with Crippen LogP contribution in [-0.4, -0.2) is 44.8 Å². The summed E-state index contributed by atoms with van der Waals surface area (Å²) in [5.74, 6) is 0.147. The number of rotatable bonds is 6. The second kappa shape index (κ2) is 9.91. The van der Waals surface area contributed by atoms with Gasteiger partial charge in [0.1, 0.15) is 5.75 Å². The molecule has 1 aromatic heterocycles. The Labute approximate surface area is 194 Å². The fourth-order valence-corrected chi connectivity index (χ4v) is 5.21. The first-order valence-electron chi connectivity index (χ1n) is 10.9. The Morgan fingerprint density at radius 2 is 1.79 bits per heavy atom. The van der Waals surface area contributed by atoms with Crippen molar-refractivity contribution in [3.05, 3.63) is 58.9 Å². The molecule has 0 saturated carbocycles. The van der Waals surface area contributed by atoms with Gasteiger partial charge >= 0.3 is 6.61 Å². The number of para-hydroxylation sites is 1. The SMILES string of the molecule is C[C@@H]1CCC[C@H](C)N1C(=O)CSc1nc2ccccc2c(=O)n1-c1ccc(OC(F)F)cc1. The van der Waals surface area contributed by atoms with Crippen molar-refractivity contribution in [1.82, 2.24) is 14.5 Å². The average Bonchev–Trinajstić information content (AvgIpc) is 2.78. The summed E-state index contributed by atoms with van der Waals surface area (Å²) in [7, 11) is 0. The fourth-order valence-electron chi connectivity index (χ4n) is 4.33. The number of hydrogen-bond donors (Lipinski definition) is 0. The molecule has 0 radical (unpaired) electrons. The number of hydrogen-bond acceptors (Lipinski definition) is 5. The molecule has 1 aliphatic rings. The van der Waals surface area contributed by atoms with Crippen LogP contribution in [-0.2, 0) is 4.79 Å². The van der Waals surface area contributed by atoms with Gasteiger partial charge < -0.3 is 9.64 Å². The van der Waals surface area contributed by atoms with E-state index in [0.29, 0.717) is 21.7 Å². The molecule has 3 aromatic rings. The summed E-state index contributed by atoms with van der Waals surface area (Å²) in [5.41, 5.74) is 0.693. The fraction of sp³-hybridized carbons (Fsp3) is 0.375. The topological polar surface area (TPSA) is 64.4 Å². The zero-order valence-electron chi connectivity index (χ0n) is 18.4. The first kappa shape index (κ1) is 23.2. The Kier molecular flexibility index (Phi) is 6.97. The first-order chi connectivity index (χ1) is 15.8. The number of likely N-dealkylation sites (tertiary alicyclic amines) is 1. The van der Waals surface area contributed by atoms with Crippen LogP contribution in [0.1, 0.15) is 33.1 Å². The Morgan fingerprint density at radius 3 is 2.45 bits per heavy atom. The third-order valence-corrected chi connectivity index (χ3v) is 6.79. The molecule has 0 aliphatic carbocycles. The highest BCUT2D eigenvalue weighted by Gasteiger charge is 2.29. The first-order valence-corrected chi connectivity index (χ1v) is 11.8. The number of halogens is 2. The summed E-state index contributed by atoms with van der Waals surface area (Å²) in [6, 6.07) is 13.1. The van der Waals surface area contributed by atoms with Crippen LogP contribution in [0.25, 0.3) is 16.6 Å². The molecule has 0 bridgehead atoms. The summed E-state index contributed by atoms with van der Waals surface area (Å²) in [6.45, 7) is 1.19. The van der Waals surface area contributed by atoms with E-state index in [2.05, 4.69) is 23.6 Å². The van der Waals surface area contributed by atoms with Crippen molar-refractivity contribution >= 4 is 28.6 Å². The van der Waals surface area contributed by atoms with Crippen LogP contribution < -0.4 is 10.3 Å². The maximum absolute atomic E-state index is 13.3. The third kappa shape index (κ3) is 5.03. The van der Waals surface area contributed by atoms with Gasteiger partial charge in [-0.15, -0.1) is 0 Å². The number of aromatic nitrogens is 2. The second-order valence-electron chi connectivity index (χ2n) is 8.14. The van der Waals surface area contributed by atoms with Gasteiger partial charge in [0.05, 0.1) is 22.3 Å². The highest BCUT2D eigenvalue weighted by molar-refractivity contribution is 7.99. The molecule has 0 N–H and O–H groups in total. The van der Waals surface area contributed by atoms with Gasteiger partial charge in [-0.2, -0.15) is 8.78 Å². The van der Waals surface area contributed by atoms with Crippen molar-refractivity contribution in [3.8, 4) is 11.4 Å². The van der Waals surface area contributed by atoms with E-state index in [9.17, 15) is 18.4 Å². The largest absolute Gasteiger partial charge is 0.435 e. The van der Waals surface area contributed by atoms with Crippen molar-refractivity contribution in [2.75, 3.05) is 5.75 Å². The molecular weight excluding hydrogens is 448 g/mol. The zero-order valence-corrected chi connectivity index (χ0v) is 19.2. The van der Waals surface area contributed by atoms with Gasteiger partial charge in [0.15, 0.2) is 5.16 Å². The van der Waals surface area contributed by atoms with Crippen LogP contribution in [0, 0.1) is 0 Å². The van der Waals surface area contributed by atoms with Gasteiger partial charge in [-0.05, 0) is 69.5 Å². The number of fused-ring (bicyclic) bond motifs is 1. The lowest BCUT2D eigenvalue weighted by Gasteiger charge is -2.39. The number of amides is 1. The summed E-state index contributed by atoms with van der Waals surface area (Å²) in [6.07, 6.45) is 3.07. The van der Waals surface area contributed by atoms with E-state index in [1.165, 1.54) is 40.6 Å². The van der Waals surface area contributed by atoms with Crippen molar-refractivity contribution in [2.24, 2.45) is 0 Å². The van der Waals surface area contributed by atoms with E-state index in [4.69, 9.17) is 0 Å². The molecule has 1 saturated heterocycles. The van der Waals surface area contributed by atoms with Crippen LogP contribution >= 0.6 is 11.8 Å². The van der Waals surface area contributed by atoms with E-state index in [-0.39, 0.29) is 35.1 Å². The number of nitrogens with zero attached hydrogens (tertiary/aromatic N) is 3. The zero-order chi connectivity index (χ0) is 23.5. The van der Waals surface area contributed by atoms with Gasteiger partial charge in [0.25, 0.3) is 5.56 Å². The minimum Gasteiger partial charge on any atom is -0.435 e. The number of piperidine rings is 1. The predicted molar refractivity (Wildman–Crippen MR) is 124 cm³/mol. The van der Waals surface area contributed by atoms with Crippen LogP contribution in [0.5, 0.6) is 5.75 Å². The maximum atomic E-state index is 13.3. The summed E-state index contributed by atoms with van der Waals surface area (Å²) in [5, 5.41) is 0.797. The molecule has 9 heteroatoms. The normalized spacial score (nSPS) is 18.6. The summed E-state index contributed by atoms with van der Waals surface area (Å²) >= 11 is 1.20. The molecule has 2 atom stereocenters. The Balaban J connectivity index is 1.68. The maximum Gasteiger partial charge on any atom is 0.387 e. The molecule has 2 aromatic carbocycles. The van der Waals surface area contributed by atoms with Gasteiger partial charge in [0.2, 0.25) is 5.91 Å². The Bertz CT molecular complexity index is 1190. The van der Waals surface area contributed by atoms with Crippen molar-refractivity contribution in [3.63, 3.8) is 0 Å². The molecule has 1 amide bonds. The standard InChI is InChI=1S/C24H25F2N3O3S/c1-15-6-5-7-16(2)28(15)21(30)14-33-24-27-20-9-4-3-8-19(20)22(31)29(24)17-10-12-18(13-11-17)32-23(25)26/h3-4,8-13,15-16,23H,5-7,14H2,1-2H3/t15-,16+. The van der Waals surface area contributed by atoms with Gasteiger partial charge in [-0.3, -0.25) is 14.2 Å². The predicted octanol–water partition coefficient (Wildman–Crippen LogP) is 4.87. The molecule has 6 nitrogen and oxygen atoms in total. The lowest BCUT2D eigenvalue weighted by Crippen LogP contribution is -2.48. The molecule has 33 heavy (non-hydrogen) atoms. The summed E-state index contributed by atoms with van der Waals surface area (Å²) < 4.78 is 30.8. The molecule has 0 unspecified atom stereocenters. The minimum absolute atomic E-state index is 0.00648. The smallest absolute Gasteiger partial charge is 0.387 e. The number of carbonyl (C=O) groups is 1. The van der Waals surface area contributed by atoms with Crippen LogP contribution in [0.15, 0.2) is 58.5 Å². The quantitative estimate of drug-likeness (QED) is 0.378. The van der Waals surface area contributed by atoms with Gasteiger partial charge in [-0.1, -0.05) is 23.9 Å². The van der Waals surface area contributed by atoms with E-state index in [1.807, 2.05) is 4.90 Å². The number of benzene rings is 2. The van der Waals surface area contributed by atoms with Gasteiger partial charge in [0, 0.05) is 12.1 Å². The molecule has 174 valence electrons. The number of ether oxygens (including phenoxy) is 1. The second-order valence-corrected chi connectivity index (χ2v) is 9.09. The van der Waals surface area contributed by atoms with E-state index >= 15 is 0 Å². The summed E-state index contributed by atoms with van der Waals surface area (Å²) in [4.78, 5) is 32.9. The molecule has 2 heterocycles. The average molecular weight is 474 g/mol. The van der Waals surface area contributed by atoms with Crippen LogP contribution in [0.4, 0.5) is 8.78 Å². The highest BCUT2D eigenvalue weighted by atomic mass is 32.2. The van der Waals surface area contributed by atoms with Gasteiger partial charge in [-0.25, -0.2) is 4.98 Å². The number of alkyl halides is 2. The van der Waals surface area contributed by atoms with Crippen LogP contribution in [0.3, 0.4) is 0 Å². The lowest BCUT2D eigenvalue weighted by molar-refractivity contribution is -0.134. The molecular formula is C24H25F2N3O3S. The Hall–Kier alpha value is -2.94. The minimum atomic E-state index is -2.93. The van der Waals surface area contributed by atoms with Crippen molar-refractivity contribution < 1.29 is 18.3 Å². The van der Waals surface area contributed by atoms with E-state index < -0.39 is 6.61 Å². The van der Waals surface area contributed by atoms with E-state index in [0.717, 1.165) is 19.3 Å². The molecule has 4 rings (SSSR count). The molecule has 1 aliphatic heterocycles. The van der Waals surface area contributed by atoms with Crippen LogP contribution in [0.2, 0.25) is 0 Å². The van der Waals surface area contributed by atoms with E-state index in [1.54, 1.807) is 24.3 Å². The monoisotopic (exact) mass is 473 g/mol. The Morgan fingerprint density at radius 1 is 1.12 bits per heavy atom. The molecule has 1 fully saturated rings. The lowest BCUT2D eigenvalue weighted by atomic mass is 9.98. The highest BCUT2D eigenvalue weighted by Crippen LogP contribution is 2.27. The third-order valence-electron chi connectivity index (χ3n) is 5.87. The number of thioether (sulfide) groups is 1. The number of carbonyl (C=O) groups excluding carboxylic acids is 1. The van der Waals surface area contributed by atoms with Crippen molar-refractivity contribution in [2.45, 2.75) is 57.0 Å².